The number of piperidine rings is 1. The number of nitrogens with zero attached hydrogens (tertiary/aromatic N) is 3. The van der Waals surface area contributed by atoms with Gasteiger partial charge in [-0.2, -0.15) is 5.10 Å². The van der Waals surface area contributed by atoms with Gasteiger partial charge in [0.05, 0.1) is 0 Å². The molecule has 1 unspecified atom stereocenters. The van der Waals surface area contributed by atoms with Crippen LogP contribution in [0.3, 0.4) is 0 Å². The molecule has 1 atom stereocenters. The molecular formula is C13H21N3O2. The van der Waals surface area contributed by atoms with Crippen molar-refractivity contribution in [2.24, 2.45) is 5.92 Å². The van der Waals surface area contributed by atoms with Gasteiger partial charge in [-0.1, -0.05) is 0 Å². The van der Waals surface area contributed by atoms with Crippen LogP contribution in [0.4, 0.5) is 0 Å². The third kappa shape index (κ3) is 3.57. The van der Waals surface area contributed by atoms with E-state index in [0.717, 1.165) is 32.4 Å². The number of amides is 1. The van der Waals surface area contributed by atoms with E-state index in [1.807, 2.05) is 17.2 Å². The molecule has 1 aliphatic rings. The number of aromatic nitrogens is 2. The molecule has 0 aromatic carbocycles. The lowest BCUT2D eigenvalue weighted by atomic mass is 9.95. The van der Waals surface area contributed by atoms with Crippen molar-refractivity contribution in [1.82, 2.24) is 14.7 Å². The monoisotopic (exact) mass is 251 g/mol. The van der Waals surface area contributed by atoms with Gasteiger partial charge >= 0.3 is 0 Å². The quantitative estimate of drug-likeness (QED) is 0.845. The first-order valence-electron chi connectivity index (χ1n) is 6.65. The fourth-order valence-corrected chi connectivity index (χ4v) is 2.51. The highest BCUT2D eigenvalue weighted by molar-refractivity contribution is 5.76. The molecule has 0 radical (unpaired) electrons. The second-order valence-corrected chi connectivity index (χ2v) is 4.88. The van der Waals surface area contributed by atoms with Gasteiger partial charge in [-0.05, 0) is 31.2 Å². The Kier molecular flexibility index (Phi) is 4.75. The first-order valence-corrected chi connectivity index (χ1v) is 6.65. The van der Waals surface area contributed by atoms with E-state index in [9.17, 15) is 4.79 Å². The van der Waals surface area contributed by atoms with E-state index in [0.29, 0.717) is 18.9 Å². The van der Waals surface area contributed by atoms with Gasteiger partial charge in [0, 0.05) is 45.1 Å². The minimum Gasteiger partial charge on any atom is -0.396 e. The van der Waals surface area contributed by atoms with E-state index < -0.39 is 0 Å². The Bertz CT molecular complexity index is 362. The number of carbonyl (C=O) groups excluding carboxylic acids is 1. The zero-order valence-corrected chi connectivity index (χ0v) is 10.7. The molecule has 1 saturated heterocycles. The Labute approximate surface area is 107 Å². The molecular weight excluding hydrogens is 230 g/mol. The number of likely N-dealkylation sites (tertiary alicyclic amines) is 1. The molecule has 0 bridgehead atoms. The molecule has 1 aromatic rings. The Morgan fingerprint density at radius 2 is 2.39 bits per heavy atom. The van der Waals surface area contributed by atoms with Gasteiger partial charge < -0.3 is 10.0 Å². The van der Waals surface area contributed by atoms with Crippen molar-refractivity contribution in [3.05, 3.63) is 18.5 Å². The van der Waals surface area contributed by atoms with Crippen LogP contribution in [0.1, 0.15) is 25.7 Å². The highest BCUT2D eigenvalue weighted by atomic mass is 16.3. The molecule has 0 aliphatic carbocycles. The Hall–Kier alpha value is -1.36. The third-order valence-electron chi connectivity index (χ3n) is 3.52. The number of rotatable bonds is 5. The summed E-state index contributed by atoms with van der Waals surface area (Å²) >= 11 is 0. The predicted molar refractivity (Wildman–Crippen MR) is 67.9 cm³/mol. The number of carbonyl (C=O) groups is 1. The highest BCUT2D eigenvalue weighted by Crippen LogP contribution is 2.19. The van der Waals surface area contributed by atoms with E-state index in [-0.39, 0.29) is 12.5 Å². The third-order valence-corrected chi connectivity index (χ3v) is 3.52. The molecule has 1 aliphatic heterocycles. The SMILES string of the molecule is O=C(CCn1cccn1)N1CCCC(CCO)C1. The molecule has 18 heavy (non-hydrogen) atoms. The lowest BCUT2D eigenvalue weighted by Gasteiger charge is -2.32. The van der Waals surface area contributed by atoms with Crippen LogP contribution in [0.2, 0.25) is 0 Å². The topological polar surface area (TPSA) is 58.4 Å². The summed E-state index contributed by atoms with van der Waals surface area (Å²) in [5.41, 5.74) is 0. The summed E-state index contributed by atoms with van der Waals surface area (Å²) in [5, 5.41) is 13.0. The number of hydrogen-bond acceptors (Lipinski definition) is 3. The van der Waals surface area contributed by atoms with Gasteiger partial charge in [0.15, 0.2) is 0 Å². The van der Waals surface area contributed by atoms with Crippen molar-refractivity contribution in [1.29, 1.82) is 0 Å². The van der Waals surface area contributed by atoms with E-state index in [4.69, 9.17) is 5.11 Å². The van der Waals surface area contributed by atoms with Crippen LogP contribution in [0.25, 0.3) is 0 Å². The molecule has 1 N–H and O–H groups in total. The average Bonchev–Trinajstić information content (AvgIpc) is 2.90. The van der Waals surface area contributed by atoms with Crippen molar-refractivity contribution >= 4 is 5.91 Å². The average molecular weight is 251 g/mol. The molecule has 1 aromatic heterocycles. The van der Waals surface area contributed by atoms with Crippen LogP contribution in [0.15, 0.2) is 18.5 Å². The Morgan fingerprint density at radius 1 is 1.50 bits per heavy atom. The van der Waals surface area contributed by atoms with Gasteiger partial charge in [-0.3, -0.25) is 9.48 Å². The second-order valence-electron chi connectivity index (χ2n) is 4.88. The molecule has 0 spiro atoms. The predicted octanol–water partition coefficient (Wildman–Crippen LogP) is 0.894. The fourth-order valence-electron chi connectivity index (χ4n) is 2.51. The minimum atomic E-state index is 0.202. The van der Waals surface area contributed by atoms with Crippen molar-refractivity contribution in [3.8, 4) is 0 Å². The Balaban J connectivity index is 1.77. The van der Waals surface area contributed by atoms with Crippen molar-refractivity contribution in [3.63, 3.8) is 0 Å². The summed E-state index contributed by atoms with van der Waals surface area (Å²) in [6.45, 7) is 2.53. The molecule has 5 nitrogen and oxygen atoms in total. The lowest BCUT2D eigenvalue weighted by molar-refractivity contribution is -0.133. The summed E-state index contributed by atoms with van der Waals surface area (Å²) in [6.07, 6.45) is 7.10. The molecule has 5 heteroatoms. The highest BCUT2D eigenvalue weighted by Gasteiger charge is 2.22. The van der Waals surface area contributed by atoms with Gasteiger partial charge in [-0.15, -0.1) is 0 Å². The van der Waals surface area contributed by atoms with Gasteiger partial charge in [0.2, 0.25) is 5.91 Å². The van der Waals surface area contributed by atoms with E-state index in [1.54, 1.807) is 10.9 Å². The van der Waals surface area contributed by atoms with Crippen LogP contribution in [-0.2, 0) is 11.3 Å². The minimum absolute atomic E-state index is 0.202. The molecule has 0 saturated carbocycles. The number of aryl methyl sites for hydroxylation is 1. The maximum absolute atomic E-state index is 12.1. The summed E-state index contributed by atoms with van der Waals surface area (Å²) in [7, 11) is 0. The largest absolute Gasteiger partial charge is 0.396 e. The second kappa shape index (κ2) is 6.54. The summed E-state index contributed by atoms with van der Waals surface area (Å²) in [6, 6.07) is 1.86. The molecule has 2 rings (SSSR count). The van der Waals surface area contributed by atoms with Crippen LogP contribution in [-0.4, -0.2) is 45.4 Å². The van der Waals surface area contributed by atoms with E-state index in [2.05, 4.69) is 5.10 Å². The number of hydrogen-bond donors (Lipinski definition) is 1. The van der Waals surface area contributed by atoms with Crippen LogP contribution in [0, 0.1) is 5.92 Å². The standard InChI is InChI=1S/C13H21N3O2/c17-10-5-12-3-1-7-15(11-12)13(18)4-9-16-8-2-6-14-16/h2,6,8,12,17H,1,3-5,7,9-11H2. The summed E-state index contributed by atoms with van der Waals surface area (Å²) in [5.74, 6) is 0.672. The molecule has 1 amide bonds. The molecule has 2 heterocycles. The summed E-state index contributed by atoms with van der Waals surface area (Å²) < 4.78 is 1.78. The maximum atomic E-state index is 12.1. The van der Waals surface area contributed by atoms with Crippen molar-refractivity contribution in [2.45, 2.75) is 32.2 Å². The van der Waals surface area contributed by atoms with E-state index in [1.165, 1.54) is 0 Å². The first-order chi connectivity index (χ1) is 8.79. The Morgan fingerprint density at radius 3 is 3.11 bits per heavy atom. The maximum Gasteiger partial charge on any atom is 0.224 e. The first kappa shape index (κ1) is 13.1. The zero-order chi connectivity index (χ0) is 12.8. The fraction of sp³-hybridized carbons (Fsp3) is 0.692. The summed E-state index contributed by atoms with van der Waals surface area (Å²) in [4.78, 5) is 14.0. The molecule has 100 valence electrons. The lowest BCUT2D eigenvalue weighted by Crippen LogP contribution is -2.40. The van der Waals surface area contributed by atoms with Crippen LogP contribution >= 0.6 is 0 Å². The normalized spacial score (nSPS) is 20.1. The van der Waals surface area contributed by atoms with Gasteiger partial charge in [0.1, 0.15) is 0 Å². The molecule has 1 fully saturated rings. The number of aliphatic hydroxyl groups excluding tert-OH is 1. The van der Waals surface area contributed by atoms with E-state index >= 15 is 0 Å². The van der Waals surface area contributed by atoms with Crippen molar-refractivity contribution < 1.29 is 9.90 Å². The number of aliphatic hydroxyl groups is 1. The zero-order valence-electron chi connectivity index (χ0n) is 10.7. The smallest absolute Gasteiger partial charge is 0.224 e. The van der Waals surface area contributed by atoms with Gasteiger partial charge in [-0.25, -0.2) is 0 Å². The van der Waals surface area contributed by atoms with Crippen LogP contribution in [0.5, 0.6) is 0 Å². The van der Waals surface area contributed by atoms with Crippen LogP contribution < -0.4 is 0 Å². The van der Waals surface area contributed by atoms with Crippen molar-refractivity contribution in [2.75, 3.05) is 19.7 Å². The van der Waals surface area contributed by atoms with Gasteiger partial charge in [0.25, 0.3) is 0 Å².